The van der Waals surface area contributed by atoms with Crippen LogP contribution in [-0.4, -0.2) is 62.1 Å². The number of hydrogen-bond donors (Lipinski definition) is 1. The molecule has 1 N–H and O–H groups in total. The molecule has 0 aliphatic heterocycles. The molecule has 0 rings (SSSR count). The van der Waals surface area contributed by atoms with Crippen molar-refractivity contribution in [1.82, 2.24) is 0 Å². The van der Waals surface area contributed by atoms with E-state index in [2.05, 4.69) is 11.3 Å². The van der Waals surface area contributed by atoms with Gasteiger partial charge in [-0.2, -0.15) is 8.42 Å². The van der Waals surface area contributed by atoms with Crippen LogP contribution in [0.15, 0.2) is 12.2 Å². The molecule has 0 amide bonds. The van der Waals surface area contributed by atoms with Crippen molar-refractivity contribution in [3.8, 4) is 0 Å². The van der Waals surface area contributed by atoms with Crippen LogP contribution in [0.4, 0.5) is 0 Å². The van der Waals surface area contributed by atoms with Crippen molar-refractivity contribution < 1.29 is 22.5 Å². The van der Waals surface area contributed by atoms with Crippen molar-refractivity contribution in [2.24, 2.45) is 0 Å². The molecule has 0 aromatic rings. The molecular formula is C6H12CaO5S. The molecule has 0 spiro atoms. The normalized spacial score (nSPS) is 12.5. The molecule has 0 saturated carbocycles. The molecule has 0 aliphatic carbocycles. The molecule has 0 radical (unpaired) electrons. The Hall–Kier alpha value is 0.380. The molecule has 74 valence electrons. The minimum atomic E-state index is -4.32. The van der Waals surface area contributed by atoms with Gasteiger partial charge in [-0.25, -0.2) is 4.79 Å². The third-order valence-corrected chi connectivity index (χ3v) is 1.98. The molecule has 0 bridgehead atoms. The molecule has 1 unspecified atom stereocenters. The molecule has 13 heavy (non-hydrogen) atoms. The number of carbonyl (C=O) groups excluding carboxylic acids is 1. The molecule has 0 saturated heterocycles. The van der Waals surface area contributed by atoms with Crippen LogP contribution >= 0.6 is 0 Å². The van der Waals surface area contributed by atoms with E-state index < -0.39 is 21.5 Å². The van der Waals surface area contributed by atoms with E-state index in [1.165, 1.54) is 6.92 Å². The van der Waals surface area contributed by atoms with Crippen molar-refractivity contribution in [3.63, 3.8) is 0 Å². The van der Waals surface area contributed by atoms with E-state index in [0.717, 1.165) is 6.92 Å². The summed E-state index contributed by atoms with van der Waals surface area (Å²) in [5, 5.41) is 0. The Balaban J connectivity index is 0. The van der Waals surface area contributed by atoms with Crippen LogP contribution < -0.4 is 0 Å². The van der Waals surface area contributed by atoms with E-state index >= 15 is 0 Å². The van der Waals surface area contributed by atoms with Gasteiger partial charge >= 0.3 is 53.8 Å². The molecule has 0 fully saturated rings. The molecule has 0 aromatic heterocycles. The first kappa shape index (κ1) is 15.8. The van der Waals surface area contributed by atoms with Gasteiger partial charge in [-0.1, -0.05) is 6.58 Å². The topological polar surface area (TPSA) is 80.7 Å². The van der Waals surface area contributed by atoms with Crippen LogP contribution in [0.1, 0.15) is 13.8 Å². The third kappa shape index (κ3) is 6.45. The summed E-state index contributed by atoms with van der Waals surface area (Å²) in [7, 11) is -4.32. The van der Waals surface area contributed by atoms with E-state index in [1.807, 2.05) is 0 Å². The standard InChI is InChI=1S/C6H10O5S.Ca.2H/c1-4(2)6(7)11-5(3)12(8,9)10;;;/h5H,1H2,2-3H3,(H,8,9,10);;;. The molecule has 0 aromatic carbocycles. The minimum absolute atomic E-state index is 0. The van der Waals surface area contributed by atoms with Gasteiger partial charge in [-0.15, -0.1) is 0 Å². The fourth-order valence-corrected chi connectivity index (χ4v) is 0.521. The zero-order chi connectivity index (χ0) is 9.94. The second-order valence-corrected chi connectivity index (χ2v) is 3.96. The van der Waals surface area contributed by atoms with Crippen LogP contribution in [0, 0.1) is 0 Å². The molecular weight excluding hydrogens is 224 g/mol. The Labute approximate surface area is 107 Å². The molecule has 0 heterocycles. The Bertz CT molecular complexity index is 294. The van der Waals surface area contributed by atoms with Crippen LogP contribution in [0.25, 0.3) is 0 Å². The maximum absolute atomic E-state index is 10.7. The Morgan fingerprint density at radius 2 is 1.92 bits per heavy atom. The van der Waals surface area contributed by atoms with E-state index in [4.69, 9.17) is 4.55 Å². The van der Waals surface area contributed by atoms with E-state index in [0.29, 0.717) is 0 Å². The van der Waals surface area contributed by atoms with Crippen LogP contribution in [-0.2, 0) is 19.6 Å². The molecule has 5 nitrogen and oxygen atoms in total. The summed E-state index contributed by atoms with van der Waals surface area (Å²) in [6, 6.07) is 0. The zero-order valence-corrected chi connectivity index (χ0v) is 7.59. The predicted octanol–water partition coefficient (Wildman–Crippen LogP) is -0.577. The number of ether oxygens (including phenoxy) is 1. The maximum atomic E-state index is 10.7. The summed E-state index contributed by atoms with van der Waals surface area (Å²) < 4.78 is 33.4. The summed E-state index contributed by atoms with van der Waals surface area (Å²) in [6.45, 7) is 5.66. The van der Waals surface area contributed by atoms with Crippen molar-refractivity contribution in [2.45, 2.75) is 19.3 Å². The fraction of sp³-hybridized carbons (Fsp3) is 0.500. The van der Waals surface area contributed by atoms with Gasteiger partial charge in [0.1, 0.15) is 0 Å². The summed E-state index contributed by atoms with van der Waals surface area (Å²) in [4.78, 5) is 10.7. The molecule has 1 atom stereocenters. The number of carbonyl (C=O) groups is 1. The van der Waals surface area contributed by atoms with Gasteiger partial charge in [0.25, 0.3) is 0 Å². The number of esters is 1. The summed E-state index contributed by atoms with van der Waals surface area (Å²) in [5.74, 6) is -0.847. The summed E-state index contributed by atoms with van der Waals surface area (Å²) in [6.07, 6.45) is 0. The molecule has 0 aliphatic rings. The van der Waals surface area contributed by atoms with Crippen LogP contribution in [0.3, 0.4) is 0 Å². The fourth-order valence-electron chi connectivity index (χ4n) is 0.312. The van der Waals surface area contributed by atoms with Crippen molar-refractivity contribution in [1.29, 1.82) is 0 Å². The zero-order valence-electron chi connectivity index (χ0n) is 6.77. The quantitative estimate of drug-likeness (QED) is 0.307. The van der Waals surface area contributed by atoms with Gasteiger partial charge in [0.2, 0.25) is 5.44 Å². The average molecular weight is 236 g/mol. The van der Waals surface area contributed by atoms with Gasteiger partial charge in [-0.3, -0.25) is 4.55 Å². The SMILES string of the molecule is C=C(C)C(=O)OC(C)S(=O)(=O)O.[CaH2]. The second-order valence-electron chi connectivity index (χ2n) is 2.27. The first-order valence-corrected chi connectivity index (χ1v) is 4.58. The van der Waals surface area contributed by atoms with E-state index in [-0.39, 0.29) is 43.3 Å². The summed E-state index contributed by atoms with van der Waals surface area (Å²) in [5.41, 5.74) is -1.48. The van der Waals surface area contributed by atoms with Crippen molar-refractivity contribution >= 4 is 53.8 Å². The second kappa shape index (κ2) is 5.98. The Morgan fingerprint density at radius 1 is 1.54 bits per heavy atom. The van der Waals surface area contributed by atoms with E-state index in [1.54, 1.807) is 0 Å². The monoisotopic (exact) mass is 236 g/mol. The third-order valence-electron chi connectivity index (χ3n) is 1.04. The number of hydrogen-bond acceptors (Lipinski definition) is 4. The van der Waals surface area contributed by atoms with Gasteiger partial charge in [0.05, 0.1) is 0 Å². The van der Waals surface area contributed by atoms with Crippen LogP contribution in [0.5, 0.6) is 0 Å². The first-order chi connectivity index (χ1) is 5.25. The Kier molecular flexibility index (Phi) is 7.28. The van der Waals surface area contributed by atoms with Gasteiger partial charge in [-0.05, 0) is 13.8 Å². The number of rotatable bonds is 3. The van der Waals surface area contributed by atoms with Crippen LogP contribution in [0.2, 0.25) is 0 Å². The first-order valence-electron chi connectivity index (χ1n) is 3.08. The van der Waals surface area contributed by atoms with Crippen molar-refractivity contribution in [2.75, 3.05) is 0 Å². The van der Waals surface area contributed by atoms with Gasteiger partial charge in [0, 0.05) is 5.57 Å². The summed E-state index contributed by atoms with van der Waals surface area (Å²) >= 11 is 0. The van der Waals surface area contributed by atoms with Crippen molar-refractivity contribution in [3.05, 3.63) is 12.2 Å². The van der Waals surface area contributed by atoms with Gasteiger partial charge in [0.15, 0.2) is 0 Å². The molecule has 7 heteroatoms. The average Bonchev–Trinajstić information content (AvgIpc) is 1.85. The van der Waals surface area contributed by atoms with Gasteiger partial charge < -0.3 is 4.74 Å². The Morgan fingerprint density at radius 3 is 2.15 bits per heavy atom. The predicted molar refractivity (Wildman–Crippen MR) is 50.5 cm³/mol. The van der Waals surface area contributed by atoms with E-state index in [9.17, 15) is 13.2 Å².